The molecule has 4 N–H and O–H groups in total. The van der Waals surface area contributed by atoms with E-state index in [2.05, 4.69) is 20.4 Å². The van der Waals surface area contributed by atoms with Gasteiger partial charge in [0.1, 0.15) is 21.8 Å². The number of anilines is 1. The standard InChI is InChI=1S/C11H11F2IN6O2/c12-11(13)2-16-4(6(11)10(21)22)1-20-9-5(7(14)19-20)8(15)17-3-18-9/h3-4,6,16H,1-2H2,(H,21,22)(H2,15,17,18)/t4-,6?/m1/s1. The van der Waals surface area contributed by atoms with Crippen LogP contribution in [0.4, 0.5) is 14.6 Å². The number of carboxylic acid groups (broad SMARTS) is 1. The lowest BCUT2D eigenvalue weighted by molar-refractivity contribution is -0.153. The number of nitrogens with zero attached hydrogens (tertiary/aromatic N) is 4. The van der Waals surface area contributed by atoms with E-state index in [0.717, 1.165) is 0 Å². The zero-order valence-electron chi connectivity index (χ0n) is 11.0. The zero-order valence-corrected chi connectivity index (χ0v) is 13.2. The summed E-state index contributed by atoms with van der Waals surface area (Å²) in [7, 11) is 0. The van der Waals surface area contributed by atoms with E-state index in [-0.39, 0.29) is 12.4 Å². The topological polar surface area (TPSA) is 119 Å². The van der Waals surface area contributed by atoms with E-state index >= 15 is 0 Å². The number of rotatable bonds is 3. The Morgan fingerprint density at radius 1 is 1.59 bits per heavy atom. The lowest BCUT2D eigenvalue weighted by Gasteiger charge is -2.19. The number of carbonyl (C=O) groups is 1. The van der Waals surface area contributed by atoms with Crippen LogP contribution in [0.25, 0.3) is 11.0 Å². The lowest BCUT2D eigenvalue weighted by atomic mass is 9.98. The molecule has 3 rings (SSSR count). The Labute approximate surface area is 136 Å². The number of nitrogens with two attached hydrogens (primary N) is 1. The van der Waals surface area contributed by atoms with Crippen LogP contribution in [0.2, 0.25) is 0 Å². The predicted octanol–water partition coefficient (Wildman–Crippen LogP) is 0.321. The number of hydrogen-bond acceptors (Lipinski definition) is 6. The summed E-state index contributed by atoms with van der Waals surface area (Å²) in [5, 5.41) is 16.3. The molecule has 1 saturated heterocycles. The van der Waals surface area contributed by atoms with Crippen molar-refractivity contribution in [3.8, 4) is 0 Å². The van der Waals surface area contributed by atoms with Crippen LogP contribution in [0.5, 0.6) is 0 Å². The van der Waals surface area contributed by atoms with Crippen LogP contribution in [-0.2, 0) is 11.3 Å². The summed E-state index contributed by atoms with van der Waals surface area (Å²) >= 11 is 1.94. The first-order valence-electron chi connectivity index (χ1n) is 6.28. The van der Waals surface area contributed by atoms with Crippen LogP contribution >= 0.6 is 22.6 Å². The fourth-order valence-electron chi connectivity index (χ4n) is 2.61. The molecule has 0 saturated carbocycles. The summed E-state index contributed by atoms with van der Waals surface area (Å²) < 4.78 is 29.3. The summed E-state index contributed by atoms with van der Waals surface area (Å²) in [4.78, 5) is 19.1. The molecule has 0 amide bonds. The highest BCUT2D eigenvalue weighted by Gasteiger charge is 2.54. The summed E-state index contributed by atoms with van der Waals surface area (Å²) in [6, 6.07) is -0.956. The van der Waals surface area contributed by atoms with E-state index < -0.39 is 30.4 Å². The van der Waals surface area contributed by atoms with Gasteiger partial charge < -0.3 is 16.2 Å². The highest BCUT2D eigenvalue weighted by molar-refractivity contribution is 14.1. The third-order valence-electron chi connectivity index (χ3n) is 3.61. The molecule has 0 bridgehead atoms. The number of hydrogen-bond donors (Lipinski definition) is 3. The van der Waals surface area contributed by atoms with Crippen molar-refractivity contribution in [2.45, 2.75) is 18.5 Å². The number of fused-ring (bicyclic) bond motifs is 1. The van der Waals surface area contributed by atoms with Crippen LogP contribution in [0, 0.1) is 9.62 Å². The molecule has 0 aliphatic carbocycles. The van der Waals surface area contributed by atoms with Gasteiger partial charge in [0.2, 0.25) is 0 Å². The molecule has 2 aromatic rings. The van der Waals surface area contributed by atoms with Gasteiger partial charge in [-0.25, -0.2) is 23.4 Å². The smallest absolute Gasteiger partial charge is 0.314 e. The summed E-state index contributed by atoms with van der Waals surface area (Å²) in [6.07, 6.45) is 1.25. The van der Waals surface area contributed by atoms with Crippen molar-refractivity contribution in [1.82, 2.24) is 25.1 Å². The largest absolute Gasteiger partial charge is 0.481 e. The molecule has 2 atom stereocenters. The van der Waals surface area contributed by atoms with Crippen molar-refractivity contribution >= 4 is 45.4 Å². The second-order valence-corrected chi connectivity index (χ2v) is 6.02. The van der Waals surface area contributed by atoms with E-state index in [1.54, 1.807) is 0 Å². The van der Waals surface area contributed by atoms with E-state index in [1.165, 1.54) is 11.0 Å². The van der Waals surface area contributed by atoms with Gasteiger partial charge in [-0.15, -0.1) is 0 Å². The number of alkyl halides is 2. The molecule has 1 unspecified atom stereocenters. The van der Waals surface area contributed by atoms with Gasteiger partial charge in [0.15, 0.2) is 5.65 Å². The third kappa shape index (κ3) is 2.37. The first-order chi connectivity index (χ1) is 10.3. The van der Waals surface area contributed by atoms with E-state index in [9.17, 15) is 13.6 Å². The molecule has 1 aliphatic rings. The minimum absolute atomic E-state index is 0.0531. The Morgan fingerprint density at radius 2 is 2.32 bits per heavy atom. The molecule has 3 heterocycles. The zero-order chi connectivity index (χ0) is 16.1. The summed E-state index contributed by atoms with van der Waals surface area (Å²) in [5.74, 6) is -6.43. The molecule has 11 heteroatoms. The van der Waals surface area contributed by atoms with Crippen LogP contribution in [0.15, 0.2) is 6.33 Å². The molecule has 1 aliphatic heterocycles. The van der Waals surface area contributed by atoms with Crippen molar-refractivity contribution in [3.05, 3.63) is 10.0 Å². The second kappa shape index (κ2) is 5.22. The molecule has 0 aromatic carbocycles. The number of aliphatic carboxylic acids is 1. The highest BCUT2D eigenvalue weighted by Crippen LogP contribution is 2.34. The van der Waals surface area contributed by atoms with E-state index in [4.69, 9.17) is 10.8 Å². The number of nitrogens with one attached hydrogen (secondary N) is 1. The van der Waals surface area contributed by atoms with Crippen molar-refractivity contribution < 1.29 is 18.7 Å². The molecule has 0 radical (unpaired) electrons. The number of halogens is 3. The molecule has 118 valence electrons. The Bertz CT molecular complexity index is 752. The Hall–Kier alpha value is -1.63. The molecule has 2 aromatic heterocycles. The van der Waals surface area contributed by atoms with Gasteiger partial charge in [-0.05, 0) is 22.6 Å². The third-order valence-corrected chi connectivity index (χ3v) is 4.36. The average molecular weight is 424 g/mol. The van der Waals surface area contributed by atoms with Gasteiger partial charge in [-0.3, -0.25) is 4.79 Å². The molecule has 22 heavy (non-hydrogen) atoms. The maximum atomic E-state index is 13.7. The van der Waals surface area contributed by atoms with Gasteiger partial charge in [0.05, 0.1) is 18.5 Å². The fraction of sp³-hybridized carbons (Fsp3) is 0.455. The number of aromatic nitrogens is 4. The second-order valence-electron chi connectivity index (χ2n) is 4.99. The SMILES string of the molecule is Nc1ncnc2c1c(I)nn2C[C@H]1NCC(F)(F)C1C(=O)O. The van der Waals surface area contributed by atoms with Gasteiger partial charge in [0.25, 0.3) is 5.92 Å². The fourth-order valence-corrected chi connectivity index (χ4v) is 3.39. The van der Waals surface area contributed by atoms with Gasteiger partial charge in [-0.1, -0.05) is 0 Å². The Morgan fingerprint density at radius 3 is 3.00 bits per heavy atom. The van der Waals surface area contributed by atoms with Crippen LogP contribution in [-0.4, -0.2) is 49.3 Å². The maximum Gasteiger partial charge on any atom is 0.314 e. The quantitative estimate of drug-likeness (QED) is 0.608. The Balaban J connectivity index is 1.97. The Kier molecular flexibility index (Phi) is 3.63. The molecular formula is C11H11F2IN6O2. The number of nitrogen functional groups attached to an aromatic ring is 1. The van der Waals surface area contributed by atoms with Crippen molar-refractivity contribution in [2.75, 3.05) is 12.3 Å². The van der Waals surface area contributed by atoms with Gasteiger partial charge in [0, 0.05) is 6.04 Å². The monoisotopic (exact) mass is 424 g/mol. The first kappa shape index (κ1) is 15.3. The van der Waals surface area contributed by atoms with Crippen molar-refractivity contribution in [1.29, 1.82) is 0 Å². The minimum Gasteiger partial charge on any atom is -0.481 e. The van der Waals surface area contributed by atoms with Crippen molar-refractivity contribution in [2.24, 2.45) is 5.92 Å². The molecule has 8 nitrogen and oxygen atoms in total. The van der Waals surface area contributed by atoms with E-state index in [1.807, 2.05) is 22.6 Å². The predicted molar refractivity (Wildman–Crippen MR) is 80.3 cm³/mol. The average Bonchev–Trinajstić information content (AvgIpc) is 2.89. The highest BCUT2D eigenvalue weighted by atomic mass is 127. The van der Waals surface area contributed by atoms with E-state index in [0.29, 0.717) is 14.7 Å². The summed E-state index contributed by atoms with van der Waals surface area (Å²) in [6.45, 7) is -0.732. The summed E-state index contributed by atoms with van der Waals surface area (Å²) in [5.41, 5.74) is 6.15. The van der Waals surface area contributed by atoms with Crippen LogP contribution < -0.4 is 11.1 Å². The maximum absolute atomic E-state index is 13.7. The first-order valence-corrected chi connectivity index (χ1v) is 7.35. The normalized spacial score (nSPS) is 24.0. The van der Waals surface area contributed by atoms with Gasteiger partial charge in [-0.2, -0.15) is 5.10 Å². The molecule has 1 fully saturated rings. The van der Waals surface area contributed by atoms with Crippen molar-refractivity contribution in [3.63, 3.8) is 0 Å². The molecule has 0 spiro atoms. The minimum atomic E-state index is -3.30. The number of carboxylic acids is 1. The van der Waals surface area contributed by atoms with Gasteiger partial charge >= 0.3 is 5.97 Å². The van der Waals surface area contributed by atoms with Crippen LogP contribution in [0.1, 0.15) is 0 Å². The van der Waals surface area contributed by atoms with Crippen LogP contribution in [0.3, 0.4) is 0 Å². The lowest BCUT2D eigenvalue weighted by Crippen LogP contribution is -2.40. The molecular weight excluding hydrogens is 413 g/mol.